The zero-order chi connectivity index (χ0) is 24.3. The zero-order valence-corrected chi connectivity index (χ0v) is 20.0. The van der Waals surface area contributed by atoms with Crippen molar-refractivity contribution in [1.82, 2.24) is 15.8 Å². The molecule has 0 aliphatic carbocycles. The highest BCUT2D eigenvalue weighted by molar-refractivity contribution is 6.65. The molecule has 0 saturated carbocycles. The standard InChI is InChI=1S/C24H31BN4O4/c1-7-21(24(3,4)5)29(27-22(30)18-9-8-10-20(33-6)15(18)2)23(31)16-11-12-17-14-26-28-25(32)19(17)13-16/h8-14,21,28,32H,7H2,1-6H3,(H,27,30)/t21-/m1/s1. The number of nitrogens with zero attached hydrogens (tertiary/aromatic N) is 2. The van der Waals surface area contributed by atoms with Crippen molar-refractivity contribution in [1.29, 1.82) is 0 Å². The van der Waals surface area contributed by atoms with Crippen molar-refractivity contribution in [3.8, 4) is 5.75 Å². The average Bonchev–Trinajstić information content (AvgIpc) is 2.77. The van der Waals surface area contributed by atoms with Gasteiger partial charge >= 0.3 is 7.05 Å². The largest absolute Gasteiger partial charge is 0.496 e. The zero-order valence-electron chi connectivity index (χ0n) is 20.0. The smallest absolute Gasteiger partial charge is 0.464 e. The molecule has 8 nitrogen and oxygen atoms in total. The number of hydrazine groups is 1. The number of hydrogen-bond acceptors (Lipinski definition) is 6. The number of carbonyl (C=O) groups excluding carboxylic acids is 2. The van der Waals surface area contributed by atoms with Gasteiger partial charge in [0.15, 0.2) is 0 Å². The van der Waals surface area contributed by atoms with E-state index >= 15 is 0 Å². The van der Waals surface area contributed by atoms with Crippen LogP contribution in [0.15, 0.2) is 41.5 Å². The Morgan fingerprint density at radius 1 is 1.27 bits per heavy atom. The molecule has 1 aliphatic rings. The van der Waals surface area contributed by atoms with Gasteiger partial charge in [0.05, 0.1) is 19.4 Å². The fourth-order valence-corrected chi connectivity index (χ4v) is 4.15. The van der Waals surface area contributed by atoms with Crippen LogP contribution in [0, 0.1) is 12.3 Å². The third-order valence-corrected chi connectivity index (χ3v) is 5.92. The quantitative estimate of drug-likeness (QED) is 0.479. The van der Waals surface area contributed by atoms with Gasteiger partial charge in [-0.15, -0.1) is 0 Å². The van der Waals surface area contributed by atoms with Gasteiger partial charge in [-0.25, -0.2) is 5.01 Å². The molecule has 2 aromatic rings. The van der Waals surface area contributed by atoms with Crippen LogP contribution in [0.4, 0.5) is 0 Å². The number of nitrogens with one attached hydrogen (secondary N) is 2. The molecule has 174 valence electrons. The summed E-state index contributed by atoms with van der Waals surface area (Å²) in [5, 5.41) is 18.1. The summed E-state index contributed by atoms with van der Waals surface area (Å²) >= 11 is 0. The molecule has 1 atom stereocenters. The van der Waals surface area contributed by atoms with Gasteiger partial charge in [-0.3, -0.25) is 15.0 Å². The number of benzene rings is 2. The molecule has 1 aliphatic heterocycles. The Hall–Kier alpha value is -3.33. The molecular formula is C24H31BN4O4. The van der Waals surface area contributed by atoms with E-state index in [1.165, 1.54) is 5.01 Å². The molecule has 0 fully saturated rings. The van der Waals surface area contributed by atoms with Crippen LogP contribution in [-0.2, 0) is 0 Å². The van der Waals surface area contributed by atoms with Crippen molar-refractivity contribution in [2.45, 2.75) is 47.1 Å². The number of rotatable bonds is 5. The monoisotopic (exact) mass is 450 g/mol. The Balaban J connectivity index is 2.00. The van der Waals surface area contributed by atoms with Crippen molar-refractivity contribution in [2.75, 3.05) is 7.11 Å². The Kier molecular flexibility index (Phi) is 7.12. The summed E-state index contributed by atoms with van der Waals surface area (Å²) in [4.78, 5) is 27.0. The fraction of sp³-hybridized carbons (Fsp3) is 0.375. The number of ether oxygens (including phenoxy) is 1. The van der Waals surface area contributed by atoms with Crippen LogP contribution in [-0.4, -0.2) is 48.3 Å². The summed E-state index contributed by atoms with van der Waals surface area (Å²) in [5.41, 5.74) is 5.31. The predicted molar refractivity (Wildman–Crippen MR) is 130 cm³/mol. The molecule has 33 heavy (non-hydrogen) atoms. The number of carbonyl (C=O) groups is 2. The number of hydrazone groups is 1. The first-order valence-electron chi connectivity index (χ1n) is 11.0. The van der Waals surface area contributed by atoms with Crippen molar-refractivity contribution in [3.63, 3.8) is 0 Å². The third kappa shape index (κ3) is 5.03. The van der Waals surface area contributed by atoms with Gasteiger partial charge in [0.25, 0.3) is 11.8 Å². The second-order valence-corrected chi connectivity index (χ2v) is 9.17. The molecule has 9 heteroatoms. The normalized spacial score (nSPS) is 13.6. The van der Waals surface area contributed by atoms with Gasteiger partial charge in [0, 0.05) is 16.7 Å². The minimum atomic E-state index is -1.01. The third-order valence-electron chi connectivity index (χ3n) is 5.92. The van der Waals surface area contributed by atoms with Crippen molar-refractivity contribution < 1.29 is 19.3 Å². The summed E-state index contributed by atoms with van der Waals surface area (Å²) in [6, 6.07) is 10.00. The van der Waals surface area contributed by atoms with Gasteiger partial charge in [0.1, 0.15) is 5.75 Å². The summed E-state index contributed by atoms with van der Waals surface area (Å²) in [5.74, 6) is -0.154. The Morgan fingerprint density at radius 2 is 2.00 bits per heavy atom. The minimum absolute atomic E-state index is 0.277. The van der Waals surface area contributed by atoms with Crippen molar-refractivity contribution >= 4 is 30.5 Å². The maximum Gasteiger partial charge on any atom is 0.464 e. The van der Waals surface area contributed by atoms with E-state index in [9.17, 15) is 14.6 Å². The van der Waals surface area contributed by atoms with E-state index in [0.29, 0.717) is 34.3 Å². The van der Waals surface area contributed by atoms with Crippen LogP contribution >= 0.6 is 0 Å². The van der Waals surface area contributed by atoms with Gasteiger partial charge in [-0.2, -0.15) is 5.10 Å². The maximum absolute atomic E-state index is 13.7. The topological polar surface area (TPSA) is 103 Å². The van der Waals surface area contributed by atoms with Crippen molar-refractivity contribution in [3.05, 3.63) is 58.7 Å². The van der Waals surface area contributed by atoms with E-state index in [1.54, 1.807) is 56.6 Å². The van der Waals surface area contributed by atoms with Gasteiger partial charge < -0.3 is 15.1 Å². The molecule has 0 saturated heterocycles. The first-order chi connectivity index (χ1) is 15.6. The lowest BCUT2D eigenvalue weighted by atomic mass is 9.71. The molecular weight excluding hydrogens is 419 g/mol. The SMILES string of the molecule is CC[C@@H](N(NC(=O)c1cccc(OC)c1C)C(=O)c1ccc2c(c1)B(O)NN=C2)C(C)(C)C. The summed E-state index contributed by atoms with van der Waals surface area (Å²) in [7, 11) is 0.543. The van der Waals surface area contributed by atoms with Crippen LogP contribution in [0.25, 0.3) is 0 Å². The molecule has 0 aromatic heterocycles. The van der Waals surface area contributed by atoms with Gasteiger partial charge in [-0.1, -0.05) is 39.8 Å². The first kappa shape index (κ1) is 24.3. The molecule has 0 unspecified atom stereocenters. The predicted octanol–water partition coefficient (Wildman–Crippen LogP) is 2.24. The lowest BCUT2D eigenvalue weighted by molar-refractivity contribution is 0.0284. The molecule has 3 rings (SSSR count). The van der Waals surface area contributed by atoms with Crippen LogP contribution in [0.2, 0.25) is 0 Å². The lowest BCUT2D eigenvalue weighted by Crippen LogP contribution is -2.56. The molecule has 1 heterocycles. The van der Waals surface area contributed by atoms with Crippen molar-refractivity contribution in [2.24, 2.45) is 10.5 Å². The van der Waals surface area contributed by atoms with Crippen LogP contribution in [0.3, 0.4) is 0 Å². The summed E-state index contributed by atoms with van der Waals surface area (Å²) < 4.78 is 5.34. The number of amides is 2. The summed E-state index contributed by atoms with van der Waals surface area (Å²) in [6.45, 7) is 9.88. The van der Waals surface area contributed by atoms with Crippen LogP contribution < -0.4 is 21.0 Å². The second kappa shape index (κ2) is 9.66. The van der Waals surface area contributed by atoms with Gasteiger partial charge in [-0.05, 0) is 54.1 Å². The lowest BCUT2D eigenvalue weighted by Gasteiger charge is -2.39. The fourth-order valence-electron chi connectivity index (χ4n) is 4.15. The summed E-state index contributed by atoms with van der Waals surface area (Å²) in [6.07, 6.45) is 2.22. The molecule has 2 amide bonds. The van der Waals surface area contributed by atoms with Crippen LogP contribution in [0.5, 0.6) is 5.75 Å². The maximum atomic E-state index is 13.7. The highest BCUT2D eigenvalue weighted by atomic mass is 16.5. The van der Waals surface area contributed by atoms with E-state index in [1.807, 2.05) is 27.7 Å². The van der Waals surface area contributed by atoms with Crippen LogP contribution in [0.1, 0.15) is 66.0 Å². The molecule has 2 aromatic carbocycles. The van der Waals surface area contributed by atoms with E-state index in [0.717, 1.165) is 5.56 Å². The molecule has 0 spiro atoms. The highest BCUT2D eigenvalue weighted by Gasteiger charge is 2.35. The van der Waals surface area contributed by atoms with E-state index in [4.69, 9.17) is 4.74 Å². The Morgan fingerprint density at radius 3 is 2.64 bits per heavy atom. The Labute approximate surface area is 195 Å². The molecule has 3 N–H and O–H groups in total. The van der Waals surface area contributed by atoms with E-state index < -0.39 is 13.0 Å². The van der Waals surface area contributed by atoms with E-state index in [-0.39, 0.29) is 17.4 Å². The number of hydrogen-bond donors (Lipinski definition) is 3. The highest BCUT2D eigenvalue weighted by Crippen LogP contribution is 2.28. The molecule has 0 bridgehead atoms. The first-order valence-corrected chi connectivity index (χ1v) is 11.0. The minimum Gasteiger partial charge on any atom is -0.496 e. The number of fused-ring (bicyclic) bond motifs is 1. The van der Waals surface area contributed by atoms with Gasteiger partial charge in [0.2, 0.25) is 0 Å². The second-order valence-electron chi connectivity index (χ2n) is 9.17. The average molecular weight is 450 g/mol. The molecule has 0 radical (unpaired) electrons. The number of methoxy groups -OCH3 is 1. The Bertz CT molecular complexity index is 1080. The van der Waals surface area contributed by atoms with E-state index in [2.05, 4.69) is 15.9 Å².